The van der Waals surface area contributed by atoms with E-state index in [9.17, 15) is 13.2 Å². The lowest BCUT2D eigenvalue weighted by atomic mass is 10.3. The summed E-state index contributed by atoms with van der Waals surface area (Å²) in [6, 6.07) is 7.41. The first-order valence-electron chi connectivity index (χ1n) is 7.07. The maximum Gasteiger partial charge on any atom is 0.233 e. The van der Waals surface area contributed by atoms with Gasteiger partial charge in [-0.2, -0.15) is 4.31 Å². The molecular formula is C14H19ClN2O3S2. The summed E-state index contributed by atoms with van der Waals surface area (Å²) in [4.78, 5) is 14.8. The van der Waals surface area contributed by atoms with Crippen LogP contribution in [0.1, 0.15) is 6.92 Å². The summed E-state index contributed by atoms with van der Waals surface area (Å²) in [5.74, 6) is 0.423. The van der Waals surface area contributed by atoms with E-state index in [2.05, 4.69) is 0 Å². The van der Waals surface area contributed by atoms with E-state index >= 15 is 0 Å². The Morgan fingerprint density at radius 3 is 2.45 bits per heavy atom. The van der Waals surface area contributed by atoms with Crippen molar-refractivity contribution in [2.75, 3.05) is 37.7 Å². The van der Waals surface area contributed by atoms with Crippen LogP contribution in [0.3, 0.4) is 0 Å². The molecule has 0 aliphatic carbocycles. The zero-order chi connectivity index (χ0) is 16.2. The summed E-state index contributed by atoms with van der Waals surface area (Å²) in [7, 11) is -3.16. The van der Waals surface area contributed by atoms with Gasteiger partial charge in [0.2, 0.25) is 15.9 Å². The van der Waals surface area contributed by atoms with Crippen molar-refractivity contribution in [3.05, 3.63) is 29.3 Å². The minimum absolute atomic E-state index is 0.0125. The van der Waals surface area contributed by atoms with Gasteiger partial charge < -0.3 is 4.90 Å². The molecule has 122 valence electrons. The van der Waals surface area contributed by atoms with Crippen molar-refractivity contribution < 1.29 is 13.2 Å². The molecule has 1 fully saturated rings. The van der Waals surface area contributed by atoms with E-state index in [4.69, 9.17) is 11.6 Å². The van der Waals surface area contributed by atoms with Gasteiger partial charge in [0.05, 0.1) is 16.5 Å². The van der Waals surface area contributed by atoms with E-state index in [1.807, 2.05) is 18.2 Å². The van der Waals surface area contributed by atoms with Gasteiger partial charge in [0.1, 0.15) is 0 Å². The highest BCUT2D eigenvalue weighted by Crippen LogP contribution is 2.26. The molecule has 1 aromatic rings. The first-order valence-corrected chi connectivity index (χ1v) is 10.0. The minimum Gasteiger partial charge on any atom is -0.339 e. The van der Waals surface area contributed by atoms with Crippen molar-refractivity contribution in [2.45, 2.75) is 11.8 Å². The predicted molar refractivity (Wildman–Crippen MR) is 89.8 cm³/mol. The smallest absolute Gasteiger partial charge is 0.233 e. The van der Waals surface area contributed by atoms with Crippen LogP contribution in [0.4, 0.5) is 0 Å². The SMILES string of the molecule is CCS(=O)(=O)N1CCN(C(=O)CSc2ccccc2Cl)CC1. The van der Waals surface area contributed by atoms with E-state index in [-0.39, 0.29) is 11.7 Å². The topological polar surface area (TPSA) is 57.7 Å². The Hall–Kier alpha value is -0.760. The minimum atomic E-state index is -3.16. The highest BCUT2D eigenvalue weighted by molar-refractivity contribution is 8.00. The largest absolute Gasteiger partial charge is 0.339 e. The summed E-state index contributed by atoms with van der Waals surface area (Å²) in [5, 5.41) is 0.638. The van der Waals surface area contributed by atoms with Crippen LogP contribution in [-0.4, -0.2) is 61.2 Å². The monoisotopic (exact) mass is 362 g/mol. The van der Waals surface area contributed by atoms with Gasteiger partial charge in [0, 0.05) is 31.1 Å². The van der Waals surface area contributed by atoms with Crippen molar-refractivity contribution in [3.63, 3.8) is 0 Å². The van der Waals surface area contributed by atoms with Crippen molar-refractivity contribution >= 4 is 39.3 Å². The van der Waals surface area contributed by atoms with Crippen molar-refractivity contribution in [1.29, 1.82) is 0 Å². The van der Waals surface area contributed by atoms with Crippen LogP contribution in [0.25, 0.3) is 0 Å². The van der Waals surface area contributed by atoms with E-state index < -0.39 is 10.0 Å². The van der Waals surface area contributed by atoms with Gasteiger partial charge in [-0.3, -0.25) is 4.79 Å². The number of carbonyl (C=O) groups is 1. The molecule has 1 aliphatic rings. The summed E-state index contributed by atoms with van der Waals surface area (Å²) in [5.41, 5.74) is 0. The number of piperazine rings is 1. The number of carbonyl (C=O) groups excluding carboxylic acids is 1. The zero-order valence-corrected chi connectivity index (χ0v) is 14.8. The molecule has 0 radical (unpaired) electrons. The Morgan fingerprint density at radius 1 is 1.23 bits per heavy atom. The lowest BCUT2D eigenvalue weighted by molar-refractivity contribution is -0.129. The van der Waals surface area contributed by atoms with Gasteiger partial charge in [0.15, 0.2) is 0 Å². The average molecular weight is 363 g/mol. The lowest BCUT2D eigenvalue weighted by Crippen LogP contribution is -2.51. The van der Waals surface area contributed by atoms with E-state index in [1.54, 1.807) is 17.9 Å². The zero-order valence-electron chi connectivity index (χ0n) is 12.4. The van der Waals surface area contributed by atoms with Crippen LogP contribution in [0.5, 0.6) is 0 Å². The molecule has 0 spiro atoms. The van der Waals surface area contributed by atoms with E-state index in [0.717, 1.165) is 4.90 Å². The van der Waals surface area contributed by atoms with Crippen LogP contribution in [-0.2, 0) is 14.8 Å². The lowest BCUT2D eigenvalue weighted by Gasteiger charge is -2.33. The van der Waals surface area contributed by atoms with Gasteiger partial charge in [-0.25, -0.2) is 8.42 Å². The maximum atomic E-state index is 12.2. The molecular weight excluding hydrogens is 344 g/mol. The summed E-state index contributed by atoms with van der Waals surface area (Å²) < 4.78 is 25.0. The second-order valence-corrected chi connectivity index (χ2v) is 8.58. The Bertz CT molecular complexity index is 629. The Morgan fingerprint density at radius 2 is 1.86 bits per heavy atom. The number of halogens is 1. The fourth-order valence-corrected chi connectivity index (χ4v) is 4.42. The fraction of sp³-hybridized carbons (Fsp3) is 0.500. The molecule has 5 nitrogen and oxygen atoms in total. The van der Waals surface area contributed by atoms with Crippen LogP contribution in [0.15, 0.2) is 29.2 Å². The highest BCUT2D eigenvalue weighted by Gasteiger charge is 2.27. The Kier molecular flexibility index (Phi) is 6.14. The number of hydrogen-bond donors (Lipinski definition) is 0. The first kappa shape index (κ1) is 17.6. The van der Waals surface area contributed by atoms with E-state index in [0.29, 0.717) is 37.0 Å². The molecule has 0 N–H and O–H groups in total. The molecule has 8 heteroatoms. The number of amides is 1. The van der Waals surface area contributed by atoms with E-state index in [1.165, 1.54) is 16.1 Å². The molecule has 1 saturated heterocycles. The molecule has 22 heavy (non-hydrogen) atoms. The summed E-state index contributed by atoms with van der Waals surface area (Å²) in [6.07, 6.45) is 0. The number of benzene rings is 1. The third kappa shape index (κ3) is 4.38. The molecule has 0 aromatic heterocycles. The van der Waals surface area contributed by atoms with Gasteiger partial charge in [-0.1, -0.05) is 23.7 Å². The van der Waals surface area contributed by atoms with Gasteiger partial charge in [0.25, 0.3) is 0 Å². The second kappa shape index (κ2) is 7.68. The normalized spacial score (nSPS) is 16.7. The number of rotatable bonds is 5. The summed E-state index contributed by atoms with van der Waals surface area (Å²) >= 11 is 7.46. The standard InChI is InChI=1S/C14H19ClN2O3S2/c1-2-22(19,20)17-9-7-16(8-10-17)14(18)11-21-13-6-4-3-5-12(13)15/h3-6H,2,7-11H2,1H3. The van der Waals surface area contributed by atoms with Crippen LogP contribution in [0, 0.1) is 0 Å². The number of sulfonamides is 1. The van der Waals surface area contributed by atoms with Crippen LogP contribution in [0.2, 0.25) is 5.02 Å². The quantitative estimate of drug-likeness (QED) is 0.751. The Labute approximate surface area is 140 Å². The molecule has 2 rings (SSSR count). The molecule has 0 bridgehead atoms. The second-order valence-electron chi connectivity index (χ2n) is 4.90. The number of nitrogens with zero attached hydrogens (tertiary/aromatic N) is 2. The molecule has 1 aliphatic heterocycles. The third-order valence-electron chi connectivity index (χ3n) is 3.54. The van der Waals surface area contributed by atoms with Gasteiger partial charge in [-0.05, 0) is 19.1 Å². The summed E-state index contributed by atoms with van der Waals surface area (Å²) in [6.45, 7) is 3.27. The third-order valence-corrected chi connectivity index (χ3v) is 6.92. The van der Waals surface area contributed by atoms with Crippen LogP contribution >= 0.6 is 23.4 Å². The van der Waals surface area contributed by atoms with Crippen molar-refractivity contribution in [2.24, 2.45) is 0 Å². The average Bonchev–Trinajstić information content (AvgIpc) is 2.54. The van der Waals surface area contributed by atoms with Gasteiger partial charge >= 0.3 is 0 Å². The molecule has 1 amide bonds. The van der Waals surface area contributed by atoms with Crippen LogP contribution < -0.4 is 0 Å². The Balaban J connectivity index is 1.84. The number of hydrogen-bond acceptors (Lipinski definition) is 4. The molecule has 0 atom stereocenters. The molecule has 1 aromatic carbocycles. The molecule has 0 saturated carbocycles. The van der Waals surface area contributed by atoms with Gasteiger partial charge in [-0.15, -0.1) is 11.8 Å². The number of thioether (sulfide) groups is 1. The highest BCUT2D eigenvalue weighted by atomic mass is 35.5. The van der Waals surface area contributed by atoms with Crippen molar-refractivity contribution in [3.8, 4) is 0 Å². The first-order chi connectivity index (χ1) is 10.4. The molecule has 0 unspecified atom stereocenters. The predicted octanol–water partition coefficient (Wildman–Crippen LogP) is 1.93. The fourth-order valence-electron chi connectivity index (χ4n) is 2.19. The molecule has 1 heterocycles. The maximum absolute atomic E-state index is 12.2. The van der Waals surface area contributed by atoms with Crippen molar-refractivity contribution in [1.82, 2.24) is 9.21 Å².